The fourth-order valence-electron chi connectivity index (χ4n) is 3.13. The predicted molar refractivity (Wildman–Crippen MR) is 69.7 cm³/mol. The molecule has 0 aromatic rings. The second-order valence-electron chi connectivity index (χ2n) is 6.40. The Balaban J connectivity index is 1.64. The average Bonchev–Trinajstić information content (AvgIpc) is 2.76. The van der Waals surface area contributed by atoms with Crippen LogP contribution in [-0.2, 0) is 0 Å². The van der Waals surface area contributed by atoms with Crippen molar-refractivity contribution in [2.45, 2.75) is 45.4 Å². The van der Waals surface area contributed by atoms with Crippen molar-refractivity contribution in [2.24, 2.45) is 11.3 Å². The van der Waals surface area contributed by atoms with Gasteiger partial charge in [0.1, 0.15) is 0 Å². The summed E-state index contributed by atoms with van der Waals surface area (Å²) in [7, 11) is 2.24. The van der Waals surface area contributed by atoms with Crippen molar-refractivity contribution < 1.29 is 0 Å². The van der Waals surface area contributed by atoms with Gasteiger partial charge in [0.2, 0.25) is 0 Å². The Labute approximate surface area is 101 Å². The second kappa shape index (κ2) is 5.50. The maximum atomic E-state index is 3.73. The van der Waals surface area contributed by atoms with Gasteiger partial charge in [-0.25, -0.2) is 0 Å². The molecule has 16 heavy (non-hydrogen) atoms. The van der Waals surface area contributed by atoms with Crippen LogP contribution in [0.2, 0.25) is 0 Å². The van der Waals surface area contributed by atoms with Crippen molar-refractivity contribution in [2.75, 3.05) is 33.2 Å². The molecule has 1 saturated carbocycles. The van der Waals surface area contributed by atoms with Gasteiger partial charge in [-0.3, -0.25) is 0 Å². The fraction of sp³-hybridized carbons (Fsp3) is 1.00. The first-order valence-electron chi connectivity index (χ1n) is 7.07. The molecule has 0 unspecified atom stereocenters. The van der Waals surface area contributed by atoms with E-state index in [0.717, 1.165) is 5.92 Å². The Morgan fingerprint density at radius 3 is 2.44 bits per heavy atom. The van der Waals surface area contributed by atoms with Gasteiger partial charge in [-0.1, -0.05) is 19.8 Å². The lowest BCUT2D eigenvalue weighted by Gasteiger charge is -2.38. The highest BCUT2D eigenvalue weighted by molar-refractivity contribution is 4.83. The first kappa shape index (κ1) is 12.4. The molecule has 94 valence electrons. The average molecular weight is 224 g/mol. The Morgan fingerprint density at radius 1 is 1.19 bits per heavy atom. The van der Waals surface area contributed by atoms with E-state index in [1.165, 1.54) is 64.7 Å². The molecule has 0 atom stereocenters. The van der Waals surface area contributed by atoms with E-state index in [2.05, 4.69) is 24.2 Å². The van der Waals surface area contributed by atoms with Crippen LogP contribution in [0.3, 0.4) is 0 Å². The predicted octanol–water partition coefficient (Wildman–Crippen LogP) is 2.50. The van der Waals surface area contributed by atoms with Gasteiger partial charge in [-0.2, -0.15) is 0 Å². The van der Waals surface area contributed by atoms with E-state index >= 15 is 0 Å². The van der Waals surface area contributed by atoms with Crippen molar-refractivity contribution in [3.05, 3.63) is 0 Å². The lowest BCUT2D eigenvalue weighted by Crippen LogP contribution is -2.42. The van der Waals surface area contributed by atoms with Gasteiger partial charge >= 0.3 is 0 Å². The van der Waals surface area contributed by atoms with Gasteiger partial charge in [0.25, 0.3) is 0 Å². The number of rotatable bonds is 4. The second-order valence-corrected chi connectivity index (χ2v) is 6.40. The largest absolute Gasteiger partial charge is 0.316 e. The Morgan fingerprint density at radius 2 is 1.81 bits per heavy atom. The molecule has 1 N–H and O–H groups in total. The summed E-state index contributed by atoms with van der Waals surface area (Å²) in [5.74, 6) is 0.981. The van der Waals surface area contributed by atoms with Crippen LogP contribution in [0.5, 0.6) is 0 Å². The number of likely N-dealkylation sites (tertiary alicyclic amines) is 1. The van der Waals surface area contributed by atoms with Gasteiger partial charge in [-0.05, 0) is 63.7 Å². The SMILES string of the molecule is CN1CCC(C)(CNCC2CCCC2)CC1. The quantitative estimate of drug-likeness (QED) is 0.789. The Bertz CT molecular complexity index is 201. The van der Waals surface area contributed by atoms with Crippen LogP contribution >= 0.6 is 0 Å². The molecular weight excluding hydrogens is 196 g/mol. The van der Waals surface area contributed by atoms with Gasteiger partial charge in [0.15, 0.2) is 0 Å². The summed E-state index contributed by atoms with van der Waals surface area (Å²) in [6.45, 7) is 7.52. The van der Waals surface area contributed by atoms with E-state index in [4.69, 9.17) is 0 Å². The van der Waals surface area contributed by atoms with E-state index in [1.54, 1.807) is 0 Å². The monoisotopic (exact) mass is 224 g/mol. The summed E-state index contributed by atoms with van der Waals surface area (Å²) < 4.78 is 0. The molecule has 2 fully saturated rings. The fourth-order valence-corrected chi connectivity index (χ4v) is 3.13. The first-order chi connectivity index (χ1) is 7.68. The molecule has 0 amide bonds. The van der Waals surface area contributed by atoms with E-state index in [-0.39, 0.29) is 0 Å². The van der Waals surface area contributed by atoms with Crippen molar-refractivity contribution in [1.29, 1.82) is 0 Å². The molecule has 1 saturated heterocycles. The highest BCUT2D eigenvalue weighted by Crippen LogP contribution is 2.30. The number of hydrogen-bond acceptors (Lipinski definition) is 2. The highest BCUT2D eigenvalue weighted by atomic mass is 15.1. The Hall–Kier alpha value is -0.0800. The van der Waals surface area contributed by atoms with Gasteiger partial charge < -0.3 is 10.2 Å². The summed E-state index contributed by atoms with van der Waals surface area (Å²) in [4.78, 5) is 2.46. The minimum absolute atomic E-state index is 0.561. The van der Waals surface area contributed by atoms with Gasteiger partial charge in [-0.15, -0.1) is 0 Å². The van der Waals surface area contributed by atoms with Gasteiger partial charge in [0, 0.05) is 6.54 Å². The molecule has 1 heterocycles. The summed E-state index contributed by atoms with van der Waals surface area (Å²) in [5, 5.41) is 3.73. The smallest absolute Gasteiger partial charge is 0.000623 e. The van der Waals surface area contributed by atoms with E-state index in [0.29, 0.717) is 5.41 Å². The van der Waals surface area contributed by atoms with E-state index in [9.17, 15) is 0 Å². The number of hydrogen-bond donors (Lipinski definition) is 1. The van der Waals surface area contributed by atoms with Crippen LogP contribution in [0.15, 0.2) is 0 Å². The molecule has 0 bridgehead atoms. The molecule has 2 rings (SSSR count). The van der Waals surface area contributed by atoms with E-state index in [1.807, 2.05) is 0 Å². The molecule has 0 aromatic heterocycles. The van der Waals surface area contributed by atoms with Gasteiger partial charge in [0.05, 0.1) is 0 Å². The summed E-state index contributed by atoms with van der Waals surface area (Å²) in [6.07, 6.45) is 8.59. The summed E-state index contributed by atoms with van der Waals surface area (Å²) in [6, 6.07) is 0. The normalized spacial score (nSPS) is 27.4. The molecule has 1 aliphatic carbocycles. The maximum Gasteiger partial charge on any atom is 0.000623 e. The van der Waals surface area contributed by atoms with E-state index < -0.39 is 0 Å². The summed E-state index contributed by atoms with van der Waals surface area (Å²) >= 11 is 0. The minimum atomic E-state index is 0.561. The zero-order valence-electron chi connectivity index (χ0n) is 11.1. The molecule has 0 aromatic carbocycles. The third-order valence-corrected chi connectivity index (χ3v) is 4.65. The maximum absolute atomic E-state index is 3.73. The lowest BCUT2D eigenvalue weighted by molar-refractivity contribution is 0.136. The van der Waals surface area contributed by atoms with Crippen LogP contribution in [0.1, 0.15) is 45.4 Å². The topological polar surface area (TPSA) is 15.3 Å². The van der Waals surface area contributed by atoms with Crippen molar-refractivity contribution in [3.8, 4) is 0 Å². The van der Waals surface area contributed by atoms with Crippen LogP contribution in [0, 0.1) is 11.3 Å². The molecule has 2 aliphatic rings. The molecule has 2 heteroatoms. The van der Waals surface area contributed by atoms with Crippen LogP contribution in [0.25, 0.3) is 0 Å². The van der Waals surface area contributed by atoms with Crippen LogP contribution < -0.4 is 5.32 Å². The molecular formula is C14H28N2. The molecule has 0 spiro atoms. The zero-order valence-corrected chi connectivity index (χ0v) is 11.1. The van der Waals surface area contributed by atoms with Crippen molar-refractivity contribution >= 4 is 0 Å². The first-order valence-corrected chi connectivity index (χ1v) is 7.07. The number of piperidine rings is 1. The molecule has 1 aliphatic heterocycles. The summed E-state index contributed by atoms with van der Waals surface area (Å²) in [5.41, 5.74) is 0.561. The van der Waals surface area contributed by atoms with Crippen LogP contribution in [-0.4, -0.2) is 38.1 Å². The van der Waals surface area contributed by atoms with Crippen molar-refractivity contribution in [1.82, 2.24) is 10.2 Å². The zero-order chi connectivity index (χ0) is 11.4. The third kappa shape index (κ3) is 3.46. The molecule has 2 nitrogen and oxygen atoms in total. The van der Waals surface area contributed by atoms with Crippen molar-refractivity contribution in [3.63, 3.8) is 0 Å². The molecule has 0 radical (unpaired) electrons. The number of nitrogens with zero attached hydrogens (tertiary/aromatic N) is 1. The lowest BCUT2D eigenvalue weighted by atomic mass is 9.80. The third-order valence-electron chi connectivity index (χ3n) is 4.65. The highest BCUT2D eigenvalue weighted by Gasteiger charge is 2.28. The Kier molecular flexibility index (Phi) is 4.26. The van der Waals surface area contributed by atoms with Crippen LogP contribution in [0.4, 0.5) is 0 Å². The standard InChI is InChI=1S/C14H28N2/c1-14(7-9-16(2)10-8-14)12-15-11-13-5-3-4-6-13/h13,15H,3-12H2,1-2H3. The minimum Gasteiger partial charge on any atom is -0.316 e. The number of nitrogens with one attached hydrogen (secondary N) is 1.